The van der Waals surface area contributed by atoms with Crippen LogP contribution in [0.5, 0.6) is 0 Å². The lowest BCUT2D eigenvalue weighted by Gasteiger charge is -2.15. The minimum Gasteiger partial charge on any atom is -0.381 e. The molecule has 3 rings (SSSR count). The van der Waals surface area contributed by atoms with Crippen molar-refractivity contribution in [3.05, 3.63) is 53.9 Å². The van der Waals surface area contributed by atoms with E-state index in [-0.39, 0.29) is 5.91 Å². The average molecular weight is 267 g/mol. The molecule has 1 aromatic carbocycles. The Bertz CT molecular complexity index is 625. The number of carbonyl (C=O) groups is 1. The second kappa shape index (κ2) is 5.33. The molecular formula is C16H17N3O. The topological polar surface area (TPSA) is 45.2 Å². The minimum atomic E-state index is 0.112. The van der Waals surface area contributed by atoms with Gasteiger partial charge in [-0.05, 0) is 47.9 Å². The van der Waals surface area contributed by atoms with Crippen molar-refractivity contribution in [2.75, 3.05) is 16.8 Å². The second-order valence-corrected chi connectivity index (χ2v) is 4.97. The van der Waals surface area contributed by atoms with E-state index in [1.807, 2.05) is 29.2 Å². The van der Waals surface area contributed by atoms with Crippen LogP contribution in [0.3, 0.4) is 0 Å². The number of anilines is 2. The molecule has 0 bridgehead atoms. The summed E-state index contributed by atoms with van der Waals surface area (Å²) < 4.78 is 0. The maximum Gasteiger partial charge on any atom is 0.223 e. The zero-order valence-corrected chi connectivity index (χ0v) is 11.5. The summed E-state index contributed by atoms with van der Waals surface area (Å²) in [7, 11) is 0. The van der Waals surface area contributed by atoms with Crippen LogP contribution in [0.2, 0.25) is 0 Å². The van der Waals surface area contributed by atoms with Gasteiger partial charge in [-0.1, -0.05) is 0 Å². The molecule has 102 valence electrons. The van der Waals surface area contributed by atoms with Crippen molar-refractivity contribution in [1.29, 1.82) is 0 Å². The van der Waals surface area contributed by atoms with Crippen molar-refractivity contribution >= 4 is 17.3 Å². The van der Waals surface area contributed by atoms with Crippen LogP contribution >= 0.6 is 0 Å². The first-order valence-corrected chi connectivity index (χ1v) is 6.78. The highest BCUT2D eigenvalue weighted by atomic mass is 16.2. The van der Waals surface area contributed by atoms with Crippen LogP contribution in [0.15, 0.2) is 42.7 Å². The van der Waals surface area contributed by atoms with Gasteiger partial charge in [-0.25, -0.2) is 0 Å². The van der Waals surface area contributed by atoms with Crippen LogP contribution in [0.1, 0.15) is 18.1 Å². The summed E-state index contributed by atoms with van der Waals surface area (Å²) in [5, 5.41) is 3.40. The molecule has 0 unspecified atom stereocenters. The molecule has 0 radical (unpaired) electrons. The fourth-order valence-electron chi connectivity index (χ4n) is 2.54. The number of nitrogens with one attached hydrogen (secondary N) is 1. The molecule has 1 aliphatic rings. The number of pyridine rings is 1. The zero-order chi connectivity index (χ0) is 13.9. The fourth-order valence-corrected chi connectivity index (χ4v) is 2.54. The first-order valence-electron chi connectivity index (χ1n) is 6.78. The Morgan fingerprint density at radius 1 is 1.30 bits per heavy atom. The van der Waals surface area contributed by atoms with Gasteiger partial charge in [0, 0.05) is 43.8 Å². The van der Waals surface area contributed by atoms with E-state index in [0.29, 0.717) is 0 Å². The van der Waals surface area contributed by atoms with Gasteiger partial charge in [0.2, 0.25) is 5.91 Å². The van der Waals surface area contributed by atoms with Crippen molar-refractivity contribution in [3.63, 3.8) is 0 Å². The lowest BCUT2D eigenvalue weighted by Crippen LogP contribution is -2.25. The van der Waals surface area contributed by atoms with Crippen LogP contribution in [0.4, 0.5) is 11.4 Å². The molecule has 4 nitrogen and oxygen atoms in total. The molecule has 0 spiro atoms. The van der Waals surface area contributed by atoms with Gasteiger partial charge < -0.3 is 10.2 Å². The SMILES string of the molecule is CC(=O)N1CCc2cc(NCc3ccncc3)ccc21. The minimum absolute atomic E-state index is 0.112. The number of hydrogen-bond donors (Lipinski definition) is 1. The van der Waals surface area contributed by atoms with E-state index in [4.69, 9.17) is 0 Å². The van der Waals surface area contributed by atoms with Gasteiger partial charge in [-0.3, -0.25) is 9.78 Å². The lowest BCUT2D eigenvalue weighted by atomic mass is 10.1. The van der Waals surface area contributed by atoms with Gasteiger partial charge >= 0.3 is 0 Å². The predicted molar refractivity (Wildman–Crippen MR) is 79.7 cm³/mol. The zero-order valence-electron chi connectivity index (χ0n) is 11.5. The van der Waals surface area contributed by atoms with E-state index in [1.54, 1.807) is 19.3 Å². The number of hydrogen-bond acceptors (Lipinski definition) is 3. The summed E-state index contributed by atoms with van der Waals surface area (Å²) >= 11 is 0. The third-order valence-electron chi connectivity index (χ3n) is 3.60. The molecule has 0 aliphatic carbocycles. The Balaban J connectivity index is 1.72. The van der Waals surface area contributed by atoms with E-state index in [2.05, 4.69) is 16.4 Å². The first kappa shape index (κ1) is 12.7. The second-order valence-electron chi connectivity index (χ2n) is 4.97. The third kappa shape index (κ3) is 2.50. The van der Waals surface area contributed by atoms with Gasteiger partial charge in [0.15, 0.2) is 0 Å². The molecule has 2 heterocycles. The van der Waals surface area contributed by atoms with Crippen LogP contribution < -0.4 is 10.2 Å². The summed E-state index contributed by atoms with van der Waals surface area (Å²) in [6.45, 7) is 3.18. The van der Waals surface area contributed by atoms with E-state index >= 15 is 0 Å². The molecule has 0 saturated heterocycles. The van der Waals surface area contributed by atoms with Crippen LogP contribution in [-0.4, -0.2) is 17.4 Å². The number of nitrogens with zero attached hydrogens (tertiary/aromatic N) is 2. The van der Waals surface area contributed by atoms with Gasteiger partial charge in [-0.15, -0.1) is 0 Å². The predicted octanol–water partition coefficient (Wildman–Crippen LogP) is 2.60. The molecule has 4 heteroatoms. The maximum atomic E-state index is 11.5. The Kier molecular flexibility index (Phi) is 3.37. The monoisotopic (exact) mass is 267 g/mol. The van der Waals surface area contributed by atoms with Crippen molar-refractivity contribution in [2.45, 2.75) is 19.9 Å². The van der Waals surface area contributed by atoms with E-state index < -0.39 is 0 Å². The molecule has 0 atom stereocenters. The molecule has 1 aliphatic heterocycles. The molecule has 1 aromatic heterocycles. The Morgan fingerprint density at radius 2 is 2.10 bits per heavy atom. The Morgan fingerprint density at radius 3 is 2.85 bits per heavy atom. The van der Waals surface area contributed by atoms with E-state index in [9.17, 15) is 4.79 Å². The quantitative estimate of drug-likeness (QED) is 0.929. The largest absolute Gasteiger partial charge is 0.381 e. The number of benzene rings is 1. The smallest absolute Gasteiger partial charge is 0.223 e. The highest BCUT2D eigenvalue weighted by Gasteiger charge is 2.21. The van der Waals surface area contributed by atoms with Gasteiger partial charge in [-0.2, -0.15) is 0 Å². The molecule has 0 fully saturated rings. The Hall–Kier alpha value is -2.36. The summed E-state index contributed by atoms with van der Waals surface area (Å²) in [5.41, 5.74) is 4.57. The van der Waals surface area contributed by atoms with E-state index in [1.165, 1.54) is 11.1 Å². The maximum absolute atomic E-state index is 11.5. The molecular weight excluding hydrogens is 250 g/mol. The standard InChI is InChI=1S/C16H17N3O/c1-12(20)19-9-6-14-10-15(2-3-16(14)19)18-11-13-4-7-17-8-5-13/h2-5,7-8,10,18H,6,9,11H2,1H3. The number of amides is 1. The first-order chi connectivity index (χ1) is 9.74. The van der Waals surface area contributed by atoms with Crippen LogP contribution in [0, 0.1) is 0 Å². The van der Waals surface area contributed by atoms with Gasteiger partial charge in [0.1, 0.15) is 0 Å². The number of aromatic nitrogens is 1. The number of rotatable bonds is 3. The summed E-state index contributed by atoms with van der Waals surface area (Å²) in [6, 6.07) is 10.2. The van der Waals surface area contributed by atoms with Gasteiger partial charge in [0.05, 0.1) is 0 Å². The third-order valence-corrected chi connectivity index (χ3v) is 3.60. The Labute approximate surface area is 118 Å². The van der Waals surface area contributed by atoms with Crippen LogP contribution in [-0.2, 0) is 17.8 Å². The van der Waals surface area contributed by atoms with Crippen molar-refractivity contribution in [1.82, 2.24) is 4.98 Å². The normalized spacial score (nSPS) is 13.2. The van der Waals surface area contributed by atoms with Gasteiger partial charge in [0.25, 0.3) is 0 Å². The highest BCUT2D eigenvalue weighted by molar-refractivity contribution is 5.94. The van der Waals surface area contributed by atoms with Crippen molar-refractivity contribution in [3.8, 4) is 0 Å². The summed E-state index contributed by atoms with van der Waals surface area (Å²) in [4.78, 5) is 17.4. The highest BCUT2D eigenvalue weighted by Crippen LogP contribution is 2.30. The number of fused-ring (bicyclic) bond motifs is 1. The van der Waals surface area contributed by atoms with Crippen molar-refractivity contribution < 1.29 is 4.79 Å². The summed E-state index contributed by atoms with van der Waals surface area (Å²) in [5.74, 6) is 0.112. The van der Waals surface area contributed by atoms with Crippen molar-refractivity contribution in [2.24, 2.45) is 0 Å². The lowest BCUT2D eigenvalue weighted by molar-refractivity contribution is -0.116. The fraction of sp³-hybridized carbons (Fsp3) is 0.250. The van der Waals surface area contributed by atoms with E-state index in [0.717, 1.165) is 30.9 Å². The number of carbonyl (C=O) groups excluding carboxylic acids is 1. The molecule has 1 amide bonds. The average Bonchev–Trinajstić information content (AvgIpc) is 2.89. The molecule has 1 N–H and O–H groups in total. The summed E-state index contributed by atoms with van der Waals surface area (Å²) in [6.07, 6.45) is 4.52. The molecule has 2 aromatic rings. The van der Waals surface area contributed by atoms with Crippen LogP contribution in [0.25, 0.3) is 0 Å². The molecule has 20 heavy (non-hydrogen) atoms. The molecule has 0 saturated carbocycles.